The highest BCUT2D eigenvalue weighted by Gasteiger charge is 2.25. The zero-order valence-corrected chi connectivity index (χ0v) is 20.2. The van der Waals surface area contributed by atoms with E-state index < -0.39 is 0 Å². The summed E-state index contributed by atoms with van der Waals surface area (Å²) in [6, 6.07) is 25.4. The van der Waals surface area contributed by atoms with Crippen LogP contribution < -0.4 is 11.1 Å². The summed E-state index contributed by atoms with van der Waals surface area (Å²) < 4.78 is 1.82. The van der Waals surface area contributed by atoms with Crippen molar-refractivity contribution >= 4 is 45.5 Å². The first-order valence-corrected chi connectivity index (χ1v) is 12.0. The van der Waals surface area contributed by atoms with Crippen molar-refractivity contribution in [2.45, 2.75) is 32.4 Å². The number of aryl methyl sites for hydroxylation is 1. The van der Waals surface area contributed by atoms with Crippen LogP contribution in [0.1, 0.15) is 34.8 Å². The average Bonchev–Trinajstić information content (AvgIpc) is 3.13. The van der Waals surface area contributed by atoms with E-state index in [4.69, 9.17) is 27.3 Å². The molecule has 0 aliphatic heterocycles. The van der Waals surface area contributed by atoms with Crippen molar-refractivity contribution in [3.63, 3.8) is 0 Å². The molecule has 0 bridgehead atoms. The van der Waals surface area contributed by atoms with E-state index in [0.717, 1.165) is 23.9 Å². The van der Waals surface area contributed by atoms with Crippen molar-refractivity contribution in [1.29, 1.82) is 0 Å². The number of hydrogen-bond acceptors (Lipinski definition) is 4. The lowest BCUT2D eigenvalue weighted by Crippen LogP contribution is -2.33. The molecule has 0 aliphatic rings. The van der Waals surface area contributed by atoms with E-state index in [2.05, 4.69) is 17.4 Å². The molecule has 2 heterocycles. The molecular formula is C28H26ClN5O. The molecular weight excluding hydrogens is 458 g/mol. The standard InChI is InChI=1S/C28H26ClN5O/c1-18(15-16-19-9-3-2-4-10-19)31-28(35)24-25-27(33-23-14-8-7-13-22(23)32-25)34(26(24)30)17-20-11-5-6-12-21(20)29/h2-14,18H,15-17,30H2,1H3,(H,31,35)/t18-/m1/s1. The third-order valence-electron chi connectivity index (χ3n) is 6.19. The van der Waals surface area contributed by atoms with Gasteiger partial charge in [0.2, 0.25) is 0 Å². The quantitative estimate of drug-likeness (QED) is 0.314. The Labute approximate surface area is 208 Å². The second-order valence-corrected chi connectivity index (χ2v) is 9.13. The number of nitrogens with zero attached hydrogens (tertiary/aromatic N) is 3. The van der Waals surface area contributed by atoms with E-state index in [0.29, 0.717) is 39.6 Å². The normalized spacial score (nSPS) is 12.2. The molecule has 5 rings (SSSR count). The van der Waals surface area contributed by atoms with Gasteiger partial charge in [0.15, 0.2) is 5.65 Å². The van der Waals surface area contributed by atoms with Gasteiger partial charge in [-0.15, -0.1) is 0 Å². The zero-order valence-electron chi connectivity index (χ0n) is 19.4. The first-order valence-electron chi connectivity index (χ1n) is 11.6. The number of carbonyl (C=O) groups is 1. The molecule has 0 spiro atoms. The fourth-order valence-electron chi connectivity index (χ4n) is 4.29. The number of carbonyl (C=O) groups excluding carboxylic acids is 1. The van der Waals surface area contributed by atoms with Crippen LogP contribution in [0.15, 0.2) is 78.9 Å². The van der Waals surface area contributed by atoms with Crippen LogP contribution in [0.3, 0.4) is 0 Å². The highest BCUT2D eigenvalue weighted by atomic mass is 35.5. The molecule has 176 valence electrons. The molecule has 1 atom stereocenters. The van der Waals surface area contributed by atoms with Gasteiger partial charge in [-0.2, -0.15) is 0 Å². The van der Waals surface area contributed by atoms with E-state index in [9.17, 15) is 4.79 Å². The number of nitrogens with one attached hydrogen (secondary N) is 1. The fourth-order valence-corrected chi connectivity index (χ4v) is 4.49. The molecule has 0 saturated carbocycles. The van der Waals surface area contributed by atoms with Crippen molar-refractivity contribution in [3.8, 4) is 0 Å². The Balaban J connectivity index is 1.51. The van der Waals surface area contributed by atoms with Gasteiger partial charge in [0.25, 0.3) is 5.91 Å². The van der Waals surface area contributed by atoms with Crippen LogP contribution in [-0.2, 0) is 13.0 Å². The molecule has 7 heteroatoms. The Hall–Kier alpha value is -3.90. The molecule has 3 aromatic carbocycles. The summed E-state index contributed by atoms with van der Waals surface area (Å²) in [5.74, 6) is 0.0681. The number of fused-ring (bicyclic) bond motifs is 2. The van der Waals surface area contributed by atoms with Gasteiger partial charge in [0.05, 0.1) is 17.6 Å². The maximum atomic E-state index is 13.5. The lowest BCUT2D eigenvalue weighted by Gasteiger charge is -2.14. The fraction of sp³-hybridized carbons (Fsp3) is 0.179. The predicted octanol–water partition coefficient (Wildman–Crippen LogP) is 5.62. The highest BCUT2D eigenvalue weighted by molar-refractivity contribution is 6.31. The van der Waals surface area contributed by atoms with Crippen LogP contribution in [0.4, 0.5) is 5.82 Å². The molecule has 2 aromatic heterocycles. The van der Waals surface area contributed by atoms with Crippen LogP contribution in [-0.4, -0.2) is 26.5 Å². The molecule has 0 radical (unpaired) electrons. The van der Waals surface area contributed by atoms with Crippen LogP contribution in [0.5, 0.6) is 0 Å². The van der Waals surface area contributed by atoms with E-state index in [1.165, 1.54) is 5.56 Å². The van der Waals surface area contributed by atoms with Crippen LogP contribution in [0.25, 0.3) is 22.2 Å². The molecule has 5 aromatic rings. The zero-order chi connectivity index (χ0) is 24.4. The van der Waals surface area contributed by atoms with Crippen molar-refractivity contribution < 1.29 is 4.79 Å². The Morgan fingerprint density at radius 2 is 1.63 bits per heavy atom. The molecule has 3 N–H and O–H groups in total. The minimum Gasteiger partial charge on any atom is -0.384 e. The Morgan fingerprint density at radius 1 is 0.971 bits per heavy atom. The van der Waals surface area contributed by atoms with Gasteiger partial charge in [-0.3, -0.25) is 4.79 Å². The Bertz CT molecular complexity index is 1510. The van der Waals surface area contributed by atoms with Crippen molar-refractivity contribution in [1.82, 2.24) is 19.9 Å². The SMILES string of the molecule is C[C@H](CCc1ccccc1)NC(=O)c1c(N)n(Cc2ccccc2Cl)c2nc3ccccc3nc12. The number of benzene rings is 3. The largest absolute Gasteiger partial charge is 0.384 e. The molecule has 0 unspecified atom stereocenters. The molecule has 0 fully saturated rings. The minimum absolute atomic E-state index is 0.0440. The lowest BCUT2D eigenvalue weighted by atomic mass is 10.1. The summed E-state index contributed by atoms with van der Waals surface area (Å²) in [7, 11) is 0. The maximum absolute atomic E-state index is 13.5. The average molecular weight is 484 g/mol. The van der Waals surface area contributed by atoms with Gasteiger partial charge in [-0.25, -0.2) is 9.97 Å². The van der Waals surface area contributed by atoms with Crippen molar-refractivity contribution in [2.75, 3.05) is 5.73 Å². The highest BCUT2D eigenvalue weighted by Crippen LogP contribution is 2.30. The summed E-state index contributed by atoms with van der Waals surface area (Å²) in [5, 5.41) is 3.74. The number of nitrogens with two attached hydrogens (primary N) is 1. The maximum Gasteiger partial charge on any atom is 0.257 e. The van der Waals surface area contributed by atoms with E-state index in [1.54, 1.807) is 0 Å². The Morgan fingerprint density at radius 3 is 2.37 bits per heavy atom. The topological polar surface area (TPSA) is 85.8 Å². The van der Waals surface area contributed by atoms with Crippen LogP contribution in [0.2, 0.25) is 5.02 Å². The summed E-state index contributed by atoms with van der Waals surface area (Å²) in [5.41, 5.74) is 11.6. The van der Waals surface area contributed by atoms with Gasteiger partial charge < -0.3 is 15.6 Å². The van der Waals surface area contributed by atoms with Crippen molar-refractivity contribution in [3.05, 3.63) is 101 Å². The summed E-state index contributed by atoms with van der Waals surface area (Å²) in [6.07, 6.45) is 1.68. The molecule has 0 saturated heterocycles. The number of hydrogen-bond donors (Lipinski definition) is 2. The van der Waals surface area contributed by atoms with Gasteiger partial charge in [0.1, 0.15) is 16.9 Å². The second kappa shape index (κ2) is 9.76. The lowest BCUT2D eigenvalue weighted by molar-refractivity contribution is 0.0940. The second-order valence-electron chi connectivity index (χ2n) is 8.72. The molecule has 0 aliphatic carbocycles. The van der Waals surface area contributed by atoms with Crippen molar-refractivity contribution in [2.24, 2.45) is 0 Å². The number of aromatic nitrogens is 3. The smallest absolute Gasteiger partial charge is 0.257 e. The van der Waals surface area contributed by atoms with Crippen LogP contribution in [0, 0.1) is 0 Å². The van der Waals surface area contributed by atoms with E-state index in [1.807, 2.05) is 78.2 Å². The first-order chi connectivity index (χ1) is 17.0. The van der Waals surface area contributed by atoms with E-state index >= 15 is 0 Å². The number of nitrogen functional groups attached to an aromatic ring is 1. The third kappa shape index (κ3) is 4.70. The van der Waals surface area contributed by atoms with Gasteiger partial charge in [-0.05, 0) is 49.1 Å². The molecule has 1 amide bonds. The van der Waals surface area contributed by atoms with E-state index in [-0.39, 0.29) is 11.9 Å². The van der Waals surface area contributed by atoms with Gasteiger partial charge in [-0.1, -0.05) is 72.3 Å². The number of rotatable bonds is 7. The Kier molecular flexibility index (Phi) is 6.38. The number of amides is 1. The molecule has 35 heavy (non-hydrogen) atoms. The summed E-state index contributed by atoms with van der Waals surface area (Å²) in [4.78, 5) is 23.1. The number of halogens is 1. The third-order valence-corrected chi connectivity index (χ3v) is 6.56. The summed E-state index contributed by atoms with van der Waals surface area (Å²) >= 11 is 6.43. The first kappa shape index (κ1) is 22.9. The number of para-hydroxylation sites is 2. The van der Waals surface area contributed by atoms with Crippen LogP contribution >= 0.6 is 11.6 Å². The number of anilines is 1. The minimum atomic E-state index is -0.254. The monoisotopic (exact) mass is 483 g/mol. The molecule has 6 nitrogen and oxygen atoms in total. The van der Waals surface area contributed by atoms with Gasteiger partial charge in [0, 0.05) is 11.1 Å². The summed E-state index contributed by atoms with van der Waals surface area (Å²) in [6.45, 7) is 2.38. The van der Waals surface area contributed by atoms with Gasteiger partial charge >= 0.3 is 0 Å². The predicted molar refractivity (Wildman–Crippen MR) is 142 cm³/mol.